The van der Waals surface area contributed by atoms with Crippen LogP contribution in [0.1, 0.15) is 5.56 Å². The van der Waals surface area contributed by atoms with Crippen LogP contribution in [0.4, 0.5) is 4.39 Å². The molecule has 0 atom stereocenters. The molecule has 3 aromatic rings. The zero-order valence-electron chi connectivity index (χ0n) is 10.8. The van der Waals surface area contributed by atoms with Crippen LogP contribution in [0.5, 0.6) is 0 Å². The van der Waals surface area contributed by atoms with E-state index in [1.807, 2.05) is 42.6 Å². The Morgan fingerprint density at radius 1 is 1.05 bits per heavy atom. The Labute approximate surface area is 116 Å². The van der Waals surface area contributed by atoms with E-state index >= 15 is 0 Å². The van der Waals surface area contributed by atoms with Crippen molar-refractivity contribution < 1.29 is 4.39 Å². The molecule has 0 aliphatic heterocycles. The van der Waals surface area contributed by atoms with E-state index in [1.54, 1.807) is 12.3 Å². The smallest absolute Gasteiger partial charge is 0.149 e. The van der Waals surface area contributed by atoms with Gasteiger partial charge in [-0.2, -0.15) is 5.10 Å². The van der Waals surface area contributed by atoms with E-state index in [9.17, 15) is 4.39 Å². The van der Waals surface area contributed by atoms with Crippen LogP contribution in [0.3, 0.4) is 0 Å². The van der Waals surface area contributed by atoms with Gasteiger partial charge in [0.25, 0.3) is 0 Å². The highest BCUT2D eigenvalue weighted by Crippen LogP contribution is 2.21. The lowest BCUT2D eigenvalue weighted by molar-refractivity contribution is 0.608. The Bertz CT molecular complexity index is 720. The molecule has 4 heteroatoms. The number of hydrogen-bond acceptors (Lipinski definition) is 2. The molecule has 0 radical (unpaired) electrons. The van der Waals surface area contributed by atoms with E-state index < -0.39 is 0 Å². The van der Waals surface area contributed by atoms with Gasteiger partial charge in [0.15, 0.2) is 0 Å². The summed E-state index contributed by atoms with van der Waals surface area (Å²) in [4.78, 5) is 0. The maximum absolute atomic E-state index is 14.0. The standard InChI is InChI=1S/C16H14FN3/c17-15-8-12(9-18)6-7-16(15)20-11-14(10-19-20)13-4-2-1-3-5-13/h1-8,10-11H,9,18H2. The van der Waals surface area contributed by atoms with Crippen molar-refractivity contribution in [3.63, 3.8) is 0 Å². The van der Waals surface area contributed by atoms with Gasteiger partial charge in [-0.05, 0) is 23.3 Å². The van der Waals surface area contributed by atoms with Crippen molar-refractivity contribution in [2.75, 3.05) is 0 Å². The Balaban J connectivity index is 1.98. The molecule has 20 heavy (non-hydrogen) atoms. The third-order valence-corrected chi connectivity index (χ3v) is 3.18. The third-order valence-electron chi connectivity index (χ3n) is 3.18. The SMILES string of the molecule is NCc1ccc(-n2cc(-c3ccccc3)cn2)c(F)c1. The second-order valence-electron chi connectivity index (χ2n) is 4.53. The first-order valence-corrected chi connectivity index (χ1v) is 6.37. The van der Waals surface area contributed by atoms with E-state index in [1.165, 1.54) is 10.7 Å². The number of halogens is 1. The summed E-state index contributed by atoms with van der Waals surface area (Å²) in [5.41, 5.74) is 8.69. The molecule has 0 aliphatic rings. The lowest BCUT2D eigenvalue weighted by Crippen LogP contribution is -2.01. The molecule has 0 saturated heterocycles. The Kier molecular flexibility index (Phi) is 3.31. The van der Waals surface area contributed by atoms with Crippen molar-refractivity contribution in [1.29, 1.82) is 0 Å². The molecule has 0 unspecified atom stereocenters. The first-order valence-electron chi connectivity index (χ1n) is 6.37. The van der Waals surface area contributed by atoms with Crippen LogP contribution < -0.4 is 5.73 Å². The lowest BCUT2D eigenvalue weighted by Gasteiger charge is -2.04. The van der Waals surface area contributed by atoms with Crippen LogP contribution in [-0.2, 0) is 6.54 Å². The molecule has 2 aromatic carbocycles. The normalized spacial score (nSPS) is 10.7. The number of hydrogen-bond donors (Lipinski definition) is 1. The summed E-state index contributed by atoms with van der Waals surface area (Å²) in [6.07, 6.45) is 3.54. The molecular weight excluding hydrogens is 253 g/mol. The summed E-state index contributed by atoms with van der Waals surface area (Å²) in [6, 6.07) is 14.8. The van der Waals surface area contributed by atoms with E-state index in [0.29, 0.717) is 12.2 Å². The molecule has 3 rings (SSSR count). The fourth-order valence-corrected chi connectivity index (χ4v) is 2.10. The van der Waals surface area contributed by atoms with Gasteiger partial charge in [0.05, 0.1) is 6.20 Å². The zero-order chi connectivity index (χ0) is 13.9. The van der Waals surface area contributed by atoms with Crippen molar-refractivity contribution in [3.05, 3.63) is 72.3 Å². The van der Waals surface area contributed by atoms with Crippen molar-refractivity contribution in [3.8, 4) is 16.8 Å². The molecule has 2 N–H and O–H groups in total. The predicted octanol–water partition coefficient (Wildman–Crippen LogP) is 3.14. The van der Waals surface area contributed by atoms with Crippen molar-refractivity contribution in [2.24, 2.45) is 5.73 Å². The van der Waals surface area contributed by atoms with Gasteiger partial charge in [-0.1, -0.05) is 36.4 Å². The van der Waals surface area contributed by atoms with Crippen molar-refractivity contribution >= 4 is 0 Å². The number of nitrogens with zero attached hydrogens (tertiary/aromatic N) is 2. The number of nitrogens with two attached hydrogens (primary N) is 1. The topological polar surface area (TPSA) is 43.8 Å². The zero-order valence-corrected chi connectivity index (χ0v) is 10.8. The minimum Gasteiger partial charge on any atom is -0.326 e. The second-order valence-corrected chi connectivity index (χ2v) is 4.53. The van der Waals surface area contributed by atoms with Crippen molar-refractivity contribution in [1.82, 2.24) is 9.78 Å². The highest BCUT2D eigenvalue weighted by molar-refractivity contribution is 5.62. The Morgan fingerprint density at radius 3 is 2.55 bits per heavy atom. The number of benzene rings is 2. The molecule has 1 aromatic heterocycles. The second kappa shape index (κ2) is 5.27. The van der Waals surface area contributed by atoms with Gasteiger partial charge < -0.3 is 5.73 Å². The number of aromatic nitrogens is 2. The summed E-state index contributed by atoms with van der Waals surface area (Å²) in [5, 5.41) is 4.22. The quantitative estimate of drug-likeness (QED) is 0.792. The maximum Gasteiger partial charge on any atom is 0.149 e. The summed E-state index contributed by atoms with van der Waals surface area (Å²) < 4.78 is 15.6. The van der Waals surface area contributed by atoms with Gasteiger partial charge in [-0.3, -0.25) is 0 Å². The van der Waals surface area contributed by atoms with Crippen LogP contribution in [0.15, 0.2) is 60.9 Å². The molecule has 0 spiro atoms. The lowest BCUT2D eigenvalue weighted by atomic mass is 10.1. The van der Waals surface area contributed by atoms with Gasteiger partial charge >= 0.3 is 0 Å². The Morgan fingerprint density at radius 2 is 1.85 bits per heavy atom. The van der Waals surface area contributed by atoms with E-state index in [-0.39, 0.29) is 5.82 Å². The highest BCUT2D eigenvalue weighted by Gasteiger charge is 2.08. The molecule has 0 bridgehead atoms. The van der Waals surface area contributed by atoms with Crippen LogP contribution in [-0.4, -0.2) is 9.78 Å². The van der Waals surface area contributed by atoms with Crippen LogP contribution in [0.2, 0.25) is 0 Å². The van der Waals surface area contributed by atoms with Crippen molar-refractivity contribution in [2.45, 2.75) is 6.54 Å². The first-order chi connectivity index (χ1) is 9.78. The Hall–Kier alpha value is -2.46. The fourth-order valence-electron chi connectivity index (χ4n) is 2.10. The molecular formula is C16H14FN3. The summed E-state index contributed by atoms with van der Waals surface area (Å²) in [5.74, 6) is -0.323. The fraction of sp³-hybridized carbons (Fsp3) is 0.0625. The molecule has 0 amide bonds. The summed E-state index contributed by atoms with van der Waals surface area (Å²) >= 11 is 0. The highest BCUT2D eigenvalue weighted by atomic mass is 19.1. The van der Waals surface area contributed by atoms with Gasteiger partial charge in [0.1, 0.15) is 11.5 Å². The minimum atomic E-state index is -0.323. The van der Waals surface area contributed by atoms with Crippen LogP contribution >= 0.6 is 0 Å². The molecule has 3 nitrogen and oxygen atoms in total. The van der Waals surface area contributed by atoms with E-state index in [4.69, 9.17) is 5.73 Å². The third kappa shape index (κ3) is 2.33. The molecule has 0 fully saturated rings. The van der Waals surface area contributed by atoms with Gasteiger partial charge in [0.2, 0.25) is 0 Å². The first kappa shape index (κ1) is 12.6. The largest absolute Gasteiger partial charge is 0.326 e. The predicted molar refractivity (Wildman–Crippen MR) is 76.8 cm³/mol. The average molecular weight is 267 g/mol. The van der Waals surface area contributed by atoms with Crippen LogP contribution in [0, 0.1) is 5.82 Å². The maximum atomic E-state index is 14.0. The van der Waals surface area contributed by atoms with Gasteiger partial charge in [0, 0.05) is 18.3 Å². The van der Waals surface area contributed by atoms with Crippen LogP contribution in [0.25, 0.3) is 16.8 Å². The molecule has 0 saturated carbocycles. The van der Waals surface area contributed by atoms with E-state index in [2.05, 4.69) is 5.10 Å². The van der Waals surface area contributed by atoms with E-state index in [0.717, 1.165) is 16.7 Å². The summed E-state index contributed by atoms with van der Waals surface area (Å²) in [6.45, 7) is 0.325. The van der Waals surface area contributed by atoms with Gasteiger partial charge in [-0.25, -0.2) is 9.07 Å². The molecule has 100 valence electrons. The summed E-state index contributed by atoms with van der Waals surface area (Å²) in [7, 11) is 0. The minimum absolute atomic E-state index is 0.323. The molecule has 1 heterocycles. The van der Waals surface area contributed by atoms with Gasteiger partial charge in [-0.15, -0.1) is 0 Å². The monoisotopic (exact) mass is 267 g/mol. The molecule has 0 aliphatic carbocycles. The average Bonchev–Trinajstić information content (AvgIpc) is 2.97. The number of rotatable bonds is 3.